The van der Waals surface area contributed by atoms with Crippen molar-refractivity contribution in [3.63, 3.8) is 0 Å². The van der Waals surface area contributed by atoms with Gasteiger partial charge in [-0.05, 0) is 36.8 Å². The smallest absolute Gasteiger partial charge is 0.434 e. The predicted octanol–water partition coefficient (Wildman–Crippen LogP) is 4.27. The van der Waals surface area contributed by atoms with Gasteiger partial charge in [-0.15, -0.1) is 0 Å². The Morgan fingerprint density at radius 2 is 1.54 bits per heavy atom. The molecule has 0 spiro atoms. The van der Waals surface area contributed by atoms with Crippen LogP contribution in [0.15, 0.2) is 60.7 Å². The summed E-state index contributed by atoms with van der Waals surface area (Å²) in [6, 6.07) is 19.2. The molecule has 0 radical (unpaired) electrons. The molecule has 0 heterocycles. The third-order valence-electron chi connectivity index (χ3n) is 4.56. The minimum Gasteiger partial charge on any atom is -0.434 e. The Morgan fingerprint density at radius 1 is 0.962 bits per heavy atom. The van der Waals surface area contributed by atoms with Crippen LogP contribution in [0.2, 0.25) is 0 Å². The normalized spacial score (nSPS) is 15.4. The minimum atomic E-state index is -1.01. The van der Waals surface area contributed by atoms with E-state index in [-0.39, 0.29) is 13.2 Å². The molecule has 2 aromatic rings. The first-order valence-electron chi connectivity index (χ1n) is 8.88. The molecule has 0 unspecified atom stereocenters. The molecule has 26 heavy (non-hydrogen) atoms. The van der Waals surface area contributed by atoms with Gasteiger partial charge in [0.05, 0.1) is 6.54 Å². The number of hydroxylamine groups is 2. The van der Waals surface area contributed by atoms with Crippen LogP contribution in [0.5, 0.6) is 0 Å². The molecule has 136 valence electrons. The Hall–Kier alpha value is -2.66. The number of carbonyl (C=O) groups excluding carboxylic acids is 2. The van der Waals surface area contributed by atoms with Crippen molar-refractivity contribution in [2.24, 2.45) is 0 Å². The van der Waals surface area contributed by atoms with Crippen LogP contribution in [0.4, 0.5) is 4.79 Å². The van der Waals surface area contributed by atoms with Gasteiger partial charge < -0.3 is 4.74 Å². The van der Waals surface area contributed by atoms with Crippen molar-refractivity contribution >= 4 is 12.4 Å². The molecule has 1 aliphatic rings. The predicted molar refractivity (Wildman–Crippen MR) is 97.0 cm³/mol. The highest BCUT2D eigenvalue weighted by Gasteiger charge is 2.39. The summed E-state index contributed by atoms with van der Waals surface area (Å²) in [6.45, 7) is 0.498. The van der Waals surface area contributed by atoms with E-state index >= 15 is 0 Å². The number of rotatable bonds is 7. The quantitative estimate of drug-likeness (QED) is 0.551. The van der Waals surface area contributed by atoms with Crippen LogP contribution in [0.25, 0.3) is 0 Å². The molecule has 3 rings (SSSR count). The zero-order valence-electron chi connectivity index (χ0n) is 14.7. The number of nitrogens with zero attached hydrogens (tertiary/aromatic N) is 1. The number of hydrogen-bond donors (Lipinski definition) is 0. The molecular weight excluding hydrogens is 330 g/mol. The van der Waals surface area contributed by atoms with Crippen molar-refractivity contribution in [1.29, 1.82) is 0 Å². The summed E-state index contributed by atoms with van der Waals surface area (Å²) >= 11 is 0. The van der Waals surface area contributed by atoms with Gasteiger partial charge in [0.25, 0.3) is 0 Å². The lowest BCUT2D eigenvalue weighted by molar-refractivity contribution is -0.167. The molecule has 2 aromatic carbocycles. The first kappa shape index (κ1) is 18.1. The lowest BCUT2D eigenvalue weighted by Crippen LogP contribution is -2.40. The van der Waals surface area contributed by atoms with Crippen molar-refractivity contribution in [2.75, 3.05) is 0 Å². The Morgan fingerprint density at radius 3 is 2.12 bits per heavy atom. The van der Waals surface area contributed by atoms with E-state index in [1.807, 2.05) is 60.7 Å². The molecule has 1 amide bonds. The minimum absolute atomic E-state index is 0.247. The summed E-state index contributed by atoms with van der Waals surface area (Å²) in [5.41, 5.74) is 0.857. The van der Waals surface area contributed by atoms with E-state index in [1.54, 1.807) is 0 Å². The second-order valence-corrected chi connectivity index (χ2v) is 6.54. The van der Waals surface area contributed by atoms with Gasteiger partial charge >= 0.3 is 6.09 Å². The van der Waals surface area contributed by atoms with Crippen molar-refractivity contribution in [3.05, 3.63) is 71.8 Å². The molecule has 1 aliphatic carbocycles. The van der Waals surface area contributed by atoms with Gasteiger partial charge in [0.2, 0.25) is 0 Å². The third kappa shape index (κ3) is 4.70. The first-order chi connectivity index (χ1) is 12.7. The molecule has 0 N–H and O–H groups in total. The molecule has 5 nitrogen and oxygen atoms in total. The molecule has 0 saturated heterocycles. The van der Waals surface area contributed by atoms with Crippen LogP contribution in [0.3, 0.4) is 0 Å². The number of amides is 1. The molecule has 0 bridgehead atoms. The maximum absolute atomic E-state index is 12.7. The second kappa shape index (κ2) is 8.63. The Bertz CT molecular complexity index is 711. The molecular formula is C21H23NO4. The van der Waals surface area contributed by atoms with E-state index in [9.17, 15) is 9.59 Å². The number of carbonyl (C=O) groups is 2. The Balaban J connectivity index is 1.70. The van der Waals surface area contributed by atoms with E-state index in [4.69, 9.17) is 9.57 Å². The van der Waals surface area contributed by atoms with E-state index in [2.05, 4.69) is 0 Å². The van der Waals surface area contributed by atoms with E-state index in [1.165, 1.54) is 5.06 Å². The van der Waals surface area contributed by atoms with Crippen molar-refractivity contribution in [1.82, 2.24) is 5.06 Å². The van der Waals surface area contributed by atoms with Crippen LogP contribution < -0.4 is 0 Å². The lowest BCUT2D eigenvalue weighted by Gasteiger charge is -2.28. The highest BCUT2D eigenvalue weighted by Crippen LogP contribution is 2.32. The molecule has 0 atom stereocenters. The molecule has 0 aliphatic heterocycles. The maximum Gasteiger partial charge on any atom is 0.435 e. The molecule has 5 heteroatoms. The zero-order chi connectivity index (χ0) is 18.2. The van der Waals surface area contributed by atoms with Gasteiger partial charge in [-0.2, -0.15) is 5.06 Å². The number of ether oxygens (including phenoxy) is 1. The number of aldehydes is 1. The largest absolute Gasteiger partial charge is 0.435 e. The van der Waals surface area contributed by atoms with Crippen molar-refractivity contribution in [2.45, 2.75) is 44.4 Å². The average Bonchev–Trinajstić information content (AvgIpc) is 3.15. The van der Waals surface area contributed by atoms with Crippen LogP contribution >= 0.6 is 0 Å². The fourth-order valence-electron chi connectivity index (χ4n) is 3.08. The van der Waals surface area contributed by atoms with Crippen LogP contribution in [0.1, 0.15) is 36.8 Å². The van der Waals surface area contributed by atoms with Gasteiger partial charge in [-0.1, -0.05) is 60.7 Å². The fraction of sp³-hybridized carbons (Fsp3) is 0.333. The van der Waals surface area contributed by atoms with Crippen LogP contribution in [0, 0.1) is 0 Å². The highest BCUT2D eigenvalue weighted by molar-refractivity contribution is 5.73. The second-order valence-electron chi connectivity index (χ2n) is 6.54. The summed E-state index contributed by atoms with van der Waals surface area (Å²) in [5, 5.41) is 1.20. The average molecular weight is 353 g/mol. The van der Waals surface area contributed by atoms with E-state index in [0.717, 1.165) is 30.3 Å². The van der Waals surface area contributed by atoms with Gasteiger partial charge in [-0.25, -0.2) is 4.79 Å². The zero-order valence-corrected chi connectivity index (χ0v) is 14.7. The summed E-state index contributed by atoms with van der Waals surface area (Å²) in [4.78, 5) is 29.9. The van der Waals surface area contributed by atoms with Crippen molar-refractivity contribution in [3.8, 4) is 0 Å². The maximum atomic E-state index is 12.7. The molecule has 1 saturated carbocycles. The van der Waals surface area contributed by atoms with Gasteiger partial charge in [-0.3, -0.25) is 9.63 Å². The van der Waals surface area contributed by atoms with E-state index in [0.29, 0.717) is 12.8 Å². The first-order valence-corrected chi connectivity index (χ1v) is 8.88. The summed E-state index contributed by atoms with van der Waals surface area (Å²) < 4.78 is 5.56. The third-order valence-corrected chi connectivity index (χ3v) is 4.56. The van der Waals surface area contributed by atoms with Gasteiger partial charge in [0, 0.05) is 0 Å². The standard InChI is InChI=1S/C21H23NO4/c23-17-21(13-7-8-14-21)26-20(24)22(15-18-9-3-1-4-10-18)25-16-19-11-5-2-6-12-19/h1-6,9-12,17H,7-8,13-16H2. The summed E-state index contributed by atoms with van der Waals surface area (Å²) in [7, 11) is 0. The van der Waals surface area contributed by atoms with Crippen LogP contribution in [-0.2, 0) is 27.5 Å². The van der Waals surface area contributed by atoms with E-state index < -0.39 is 11.7 Å². The number of hydrogen-bond acceptors (Lipinski definition) is 4. The SMILES string of the molecule is O=CC1(OC(=O)N(Cc2ccccc2)OCc2ccccc2)CCCC1. The number of benzene rings is 2. The van der Waals surface area contributed by atoms with Gasteiger partial charge in [0.1, 0.15) is 6.61 Å². The van der Waals surface area contributed by atoms with Gasteiger partial charge in [0.15, 0.2) is 11.9 Å². The van der Waals surface area contributed by atoms with Crippen LogP contribution in [-0.4, -0.2) is 23.0 Å². The molecule has 0 aromatic heterocycles. The van der Waals surface area contributed by atoms with Crippen molar-refractivity contribution < 1.29 is 19.2 Å². The topological polar surface area (TPSA) is 55.8 Å². The lowest BCUT2D eigenvalue weighted by atomic mass is 10.1. The Labute approximate surface area is 153 Å². The fourth-order valence-corrected chi connectivity index (χ4v) is 3.08. The molecule has 1 fully saturated rings. The summed E-state index contributed by atoms with van der Waals surface area (Å²) in [5.74, 6) is 0. The Kier molecular flexibility index (Phi) is 6.02. The monoisotopic (exact) mass is 353 g/mol. The summed E-state index contributed by atoms with van der Waals surface area (Å²) in [6.07, 6.45) is 3.04. The highest BCUT2D eigenvalue weighted by atomic mass is 16.7.